The highest BCUT2D eigenvalue weighted by atomic mass is 16.6. The molecule has 0 spiro atoms. The Kier molecular flexibility index (Phi) is 11.6. The number of hydrogen-bond donors (Lipinski definition) is 2. The first kappa shape index (κ1) is 33.9. The van der Waals surface area contributed by atoms with Gasteiger partial charge >= 0.3 is 11.9 Å². The van der Waals surface area contributed by atoms with Gasteiger partial charge in [0.15, 0.2) is 6.10 Å². The summed E-state index contributed by atoms with van der Waals surface area (Å²) in [5.41, 5.74) is 0.933. The number of esters is 2. The van der Waals surface area contributed by atoms with Crippen LogP contribution in [-0.2, 0) is 39.8 Å². The molecular formula is C36H46N2O7. The summed E-state index contributed by atoms with van der Waals surface area (Å²) in [4.78, 5) is 53.3. The Labute approximate surface area is 266 Å². The first-order valence-electron chi connectivity index (χ1n) is 15.8. The fourth-order valence-electron chi connectivity index (χ4n) is 5.41. The van der Waals surface area contributed by atoms with Crippen LogP contribution in [0.2, 0.25) is 0 Å². The summed E-state index contributed by atoms with van der Waals surface area (Å²) < 4.78 is 17.8. The lowest BCUT2D eigenvalue weighted by atomic mass is 9.92. The van der Waals surface area contributed by atoms with E-state index >= 15 is 0 Å². The molecule has 2 aromatic carbocycles. The Balaban J connectivity index is 1.57. The average molecular weight is 619 g/mol. The van der Waals surface area contributed by atoms with E-state index in [2.05, 4.69) is 10.6 Å². The standard InChI is InChI=1S/C36H46N2O7/c1-23(2)21-29-34(41)43-28(24(3)31-32(45-31)26-15-10-7-11-16-26)17-12-18-30(39)38-27(20-19-25-13-8-6-9-14-25)33(40)37-22-36(4,5)35(42)44-29/h6-16,18,23-24,27-29,31-32H,17,19-22H2,1-5H3,(H,37,40)(H,38,39)/b18-12+/t24-,27+,28-,29?,31+,32+/m0/s1. The Morgan fingerprint density at radius 3 is 2.24 bits per heavy atom. The predicted octanol–water partition coefficient (Wildman–Crippen LogP) is 4.85. The molecule has 2 aliphatic heterocycles. The molecule has 2 aromatic rings. The molecular weight excluding hydrogens is 572 g/mol. The van der Waals surface area contributed by atoms with Crippen molar-refractivity contribution in [2.24, 2.45) is 17.3 Å². The van der Waals surface area contributed by atoms with Crippen molar-refractivity contribution >= 4 is 23.8 Å². The van der Waals surface area contributed by atoms with Crippen LogP contribution < -0.4 is 10.6 Å². The summed E-state index contributed by atoms with van der Waals surface area (Å²) in [6, 6.07) is 18.7. The Bertz CT molecular complexity index is 1340. The van der Waals surface area contributed by atoms with Crippen molar-refractivity contribution in [3.05, 3.63) is 83.9 Å². The van der Waals surface area contributed by atoms with E-state index in [1.807, 2.05) is 81.4 Å². The molecule has 2 heterocycles. The predicted molar refractivity (Wildman–Crippen MR) is 170 cm³/mol. The van der Waals surface area contributed by atoms with E-state index < -0.39 is 47.4 Å². The van der Waals surface area contributed by atoms with Crippen LogP contribution >= 0.6 is 0 Å². The molecule has 9 heteroatoms. The van der Waals surface area contributed by atoms with Gasteiger partial charge in [-0.25, -0.2) is 4.79 Å². The third-order valence-electron chi connectivity index (χ3n) is 8.32. The number of benzene rings is 2. The third-order valence-corrected chi connectivity index (χ3v) is 8.32. The summed E-state index contributed by atoms with van der Waals surface area (Å²) in [5, 5.41) is 5.63. The Morgan fingerprint density at radius 1 is 0.911 bits per heavy atom. The van der Waals surface area contributed by atoms with E-state index in [1.165, 1.54) is 6.08 Å². The van der Waals surface area contributed by atoms with Crippen LogP contribution in [0.1, 0.15) is 71.1 Å². The monoisotopic (exact) mass is 618 g/mol. The molecule has 45 heavy (non-hydrogen) atoms. The molecule has 9 nitrogen and oxygen atoms in total. The number of hydrogen-bond acceptors (Lipinski definition) is 7. The molecule has 0 radical (unpaired) electrons. The zero-order valence-electron chi connectivity index (χ0n) is 26.9. The molecule has 0 aromatic heterocycles. The lowest BCUT2D eigenvalue weighted by Gasteiger charge is -2.29. The van der Waals surface area contributed by atoms with Crippen molar-refractivity contribution in [2.45, 2.75) is 90.8 Å². The number of carbonyl (C=O) groups excluding carboxylic acids is 4. The number of ether oxygens (including phenoxy) is 3. The smallest absolute Gasteiger partial charge is 0.347 e. The van der Waals surface area contributed by atoms with E-state index in [0.29, 0.717) is 12.8 Å². The maximum Gasteiger partial charge on any atom is 0.347 e. The molecule has 6 atom stereocenters. The normalized spacial score (nSPS) is 27.5. The largest absolute Gasteiger partial charge is 0.459 e. The van der Waals surface area contributed by atoms with E-state index in [-0.39, 0.29) is 43.4 Å². The molecule has 0 bridgehead atoms. The van der Waals surface area contributed by atoms with E-state index in [1.54, 1.807) is 19.9 Å². The Morgan fingerprint density at radius 2 is 1.58 bits per heavy atom. The van der Waals surface area contributed by atoms with Gasteiger partial charge in [-0.15, -0.1) is 0 Å². The van der Waals surface area contributed by atoms with Crippen LogP contribution in [0.3, 0.4) is 0 Å². The van der Waals surface area contributed by atoms with Crippen molar-refractivity contribution in [3.8, 4) is 0 Å². The van der Waals surface area contributed by atoms with Gasteiger partial charge < -0.3 is 24.8 Å². The van der Waals surface area contributed by atoms with Crippen LogP contribution in [-0.4, -0.2) is 54.7 Å². The first-order valence-corrected chi connectivity index (χ1v) is 15.8. The summed E-state index contributed by atoms with van der Waals surface area (Å²) in [6.07, 6.45) is 2.40. The highest BCUT2D eigenvalue weighted by Gasteiger charge is 2.48. The maximum atomic E-state index is 13.5. The number of rotatable bonds is 8. The zero-order chi connectivity index (χ0) is 32.6. The Hall–Kier alpha value is -3.98. The minimum Gasteiger partial charge on any atom is -0.459 e. The van der Waals surface area contributed by atoms with E-state index in [9.17, 15) is 19.2 Å². The fourth-order valence-corrected chi connectivity index (χ4v) is 5.41. The van der Waals surface area contributed by atoms with Crippen LogP contribution in [0.5, 0.6) is 0 Å². The van der Waals surface area contributed by atoms with Crippen LogP contribution in [0.25, 0.3) is 0 Å². The topological polar surface area (TPSA) is 123 Å². The van der Waals surface area contributed by atoms with Gasteiger partial charge in [0, 0.05) is 18.9 Å². The van der Waals surface area contributed by atoms with Crippen molar-refractivity contribution in [2.75, 3.05) is 6.54 Å². The van der Waals surface area contributed by atoms with Gasteiger partial charge in [-0.2, -0.15) is 0 Å². The summed E-state index contributed by atoms with van der Waals surface area (Å²) in [5.74, 6) is -2.28. The molecule has 2 aliphatic rings. The van der Waals surface area contributed by atoms with Gasteiger partial charge in [0.1, 0.15) is 18.2 Å². The summed E-state index contributed by atoms with van der Waals surface area (Å²) >= 11 is 0. The van der Waals surface area contributed by atoms with Crippen molar-refractivity contribution in [3.63, 3.8) is 0 Å². The number of amides is 2. The van der Waals surface area contributed by atoms with Gasteiger partial charge in [0.05, 0.1) is 11.5 Å². The van der Waals surface area contributed by atoms with Gasteiger partial charge in [0.2, 0.25) is 11.8 Å². The summed E-state index contributed by atoms with van der Waals surface area (Å²) in [6.45, 7) is 9.08. The second kappa shape index (κ2) is 15.3. The molecule has 242 valence electrons. The lowest BCUT2D eigenvalue weighted by molar-refractivity contribution is -0.179. The highest BCUT2D eigenvalue weighted by Crippen LogP contribution is 2.45. The van der Waals surface area contributed by atoms with Crippen molar-refractivity contribution in [1.29, 1.82) is 0 Å². The fraction of sp³-hybridized carbons (Fsp3) is 0.500. The average Bonchev–Trinajstić information content (AvgIpc) is 3.82. The number of nitrogens with one attached hydrogen (secondary N) is 2. The number of carbonyl (C=O) groups is 4. The summed E-state index contributed by atoms with van der Waals surface area (Å²) in [7, 11) is 0. The minimum atomic E-state index is -1.15. The molecule has 2 N–H and O–H groups in total. The molecule has 1 fully saturated rings. The quantitative estimate of drug-likeness (QED) is 0.320. The van der Waals surface area contributed by atoms with Gasteiger partial charge in [0.25, 0.3) is 0 Å². The van der Waals surface area contributed by atoms with Crippen molar-refractivity contribution in [1.82, 2.24) is 10.6 Å². The second-order valence-electron chi connectivity index (χ2n) is 13.1. The number of cyclic esters (lactones) is 2. The van der Waals surface area contributed by atoms with Crippen molar-refractivity contribution < 1.29 is 33.4 Å². The molecule has 2 amide bonds. The molecule has 0 aliphatic carbocycles. The van der Waals surface area contributed by atoms with Crippen LogP contribution in [0, 0.1) is 17.3 Å². The van der Waals surface area contributed by atoms with Gasteiger partial charge in [-0.1, -0.05) is 87.5 Å². The van der Waals surface area contributed by atoms with E-state index in [4.69, 9.17) is 14.2 Å². The molecule has 0 saturated carbocycles. The highest BCUT2D eigenvalue weighted by molar-refractivity contribution is 5.93. The maximum absolute atomic E-state index is 13.5. The van der Waals surface area contributed by atoms with Gasteiger partial charge in [-0.05, 0) is 56.2 Å². The minimum absolute atomic E-state index is 0.0405. The van der Waals surface area contributed by atoms with Gasteiger partial charge in [-0.3, -0.25) is 14.4 Å². The molecule has 1 saturated heterocycles. The van der Waals surface area contributed by atoms with Crippen LogP contribution in [0.4, 0.5) is 0 Å². The molecule has 4 rings (SSSR count). The third kappa shape index (κ3) is 9.75. The lowest BCUT2D eigenvalue weighted by Crippen LogP contribution is -2.50. The first-order chi connectivity index (χ1) is 21.4. The van der Waals surface area contributed by atoms with Crippen LogP contribution in [0.15, 0.2) is 72.8 Å². The number of aryl methyl sites for hydroxylation is 1. The molecule has 1 unspecified atom stereocenters. The SMILES string of the molecule is CC(C)CC1OC(=O)C(C)(C)CNC(=O)[C@@H](CCc2ccccc2)NC(=O)/C=C/C[C@@H]([C@H](C)[C@H]2O[C@@H]2c2ccccc2)OC1=O. The number of epoxide rings is 1. The van der Waals surface area contributed by atoms with E-state index in [0.717, 1.165) is 11.1 Å². The second-order valence-corrected chi connectivity index (χ2v) is 13.1. The zero-order valence-corrected chi connectivity index (χ0v) is 26.9.